The molecule has 2 aromatic heterocycles. The molecule has 6 N–H and O–H groups in total. The monoisotopic (exact) mass is 545 g/mol. The highest BCUT2D eigenvalue weighted by molar-refractivity contribution is 5.97. The summed E-state index contributed by atoms with van der Waals surface area (Å²) in [5, 5.41) is 22.7. The van der Waals surface area contributed by atoms with Crippen LogP contribution in [0.3, 0.4) is 0 Å². The van der Waals surface area contributed by atoms with E-state index in [1.54, 1.807) is 0 Å². The number of halogens is 3. The first-order valence-electron chi connectivity index (χ1n) is 13.4. The summed E-state index contributed by atoms with van der Waals surface area (Å²) in [6, 6.07) is 5.22. The van der Waals surface area contributed by atoms with Crippen LogP contribution in [0.1, 0.15) is 56.0 Å². The number of alkyl halides is 3. The molecule has 1 aliphatic heterocycles. The molecule has 13 heteroatoms. The van der Waals surface area contributed by atoms with Gasteiger partial charge >= 0.3 is 6.18 Å². The highest BCUT2D eigenvalue weighted by Gasteiger charge is 2.30. The first-order chi connectivity index (χ1) is 18.7. The van der Waals surface area contributed by atoms with Gasteiger partial charge in [-0.1, -0.05) is 23.7 Å². The molecule has 5 rings (SSSR count). The van der Waals surface area contributed by atoms with Crippen LogP contribution in [0.5, 0.6) is 0 Å². The zero-order valence-corrected chi connectivity index (χ0v) is 21.8. The van der Waals surface area contributed by atoms with Crippen molar-refractivity contribution in [3.05, 3.63) is 41.2 Å². The molecule has 39 heavy (non-hydrogen) atoms. The van der Waals surface area contributed by atoms with Crippen molar-refractivity contribution in [2.45, 2.75) is 57.8 Å². The summed E-state index contributed by atoms with van der Waals surface area (Å²) in [4.78, 5) is 13.8. The van der Waals surface area contributed by atoms with E-state index in [-0.39, 0.29) is 24.2 Å². The molecule has 1 aromatic carbocycles. The summed E-state index contributed by atoms with van der Waals surface area (Å²) in [6.45, 7) is 4.91. The number of imidazole rings is 1. The Morgan fingerprint density at radius 3 is 2.56 bits per heavy atom. The number of nitrogens with two attached hydrogens (primary N) is 1. The van der Waals surface area contributed by atoms with E-state index in [2.05, 4.69) is 38.0 Å². The van der Waals surface area contributed by atoms with Gasteiger partial charge in [-0.05, 0) is 75.2 Å². The van der Waals surface area contributed by atoms with Crippen molar-refractivity contribution in [1.82, 2.24) is 24.8 Å². The maximum absolute atomic E-state index is 13.2. The molecule has 1 aliphatic carbocycles. The minimum Gasteiger partial charge on any atom is -0.409 e. The molecule has 0 bridgehead atoms. The van der Waals surface area contributed by atoms with Gasteiger partial charge in [0.2, 0.25) is 17.6 Å². The lowest BCUT2D eigenvalue weighted by molar-refractivity contribution is -0.137. The fraction of sp³-hybridized carbons (Fsp3) is 0.538. The van der Waals surface area contributed by atoms with Gasteiger partial charge in [-0.15, -0.1) is 0 Å². The Labute approximate surface area is 224 Å². The summed E-state index contributed by atoms with van der Waals surface area (Å²) in [7, 11) is 0. The van der Waals surface area contributed by atoms with Crippen LogP contribution < -0.4 is 21.7 Å². The first-order valence-corrected chi connectivity index (χ1v) is 13.4. The average molecular weight is 546 g/mol. The van der Waals surface area contributed by atoms with Gasteiger partial charge in [-0.3, -0.25) is 0 Å². The number of nitrogens with one attached hydrogen (secondary N) is 3. The number of oxime groups is 1. The standard InChI is InChI=1S/C26H34F3N9O/c1-15(18-5-2-6-18)33-22-20-23(35-24(34-22)21(30)37-39)36-25(32-13-17-4-3-11-31-12-17)38(20)14-16-7-9-19(10-8-16)26(27,28)29/h7-10,15,17-18,31,39H,2-6,11-14H2,1H3,(H2,30,37)(H2,32,33,34,35,36)/t15-,17?/m1/s1. The molecule has 0 radical (unpaired) electrons. The predicted molar refractivity (Wildman–Crippen MR) is 143 cm³/mol. The lowest BCUT2D eigenvalue weighted by atomic mass is 9.80. The summed E-state index contributed by atoms with van der Waals surface area (Å²) < 4.78 is 41.4. The van der Waals surface area contributed by atoms with Crippen molar-refractivity contribution in [3.63, 3.8) is 0 Å². The molecule has 0 amide bonds. The Morgan fingerprint density at radius 2 is 1.95 bits per heavy atom. The van der Waals surface area contributed by atoms with Crippen LogP contribution in [0.15, 0.2) is 29.4 Å². The van der Waals surface area contributed by atoms with Crippen LogP contribution in [0.4, 0.5) is 24.9 Å². The minimum absolute atomic E-state index is 0.0375. The number of hydrogen-bond acceptors (Lipinski definition) is 8. The number of rotatable bonds is 9. The zero-order valence-electron chi connectivity index (χ0n) is 21.8. The highest BCUT2D eigenvalue weighted by Crippen LogP contribution is 2.34. The Morgan fingerprint density at radius 1 is 1.18 bits per heavy atom. The quantitative estimate of drug-likeness (QED) is 0.118. The Kier molecular flexibility index (Phi) is 7.78. The van der Waals surface area contributed by atoms with Crippen LogP contribution in [0.2, 0.25) is 0 Å². The molecular formula is C26H34F3N9O. The zero-order chi connectivity index (χ0) is 27.6. The molecule has 2 fully saturated rings. The molecule has 3 aromatic rings. The van der Waals surface area contributed by atoms with Gasteiger partial charge in [-0.25, -0.2) is 9.97 Å². The second kappa shape index (κ2) is 11.2. The fourth-order valence-corrected chi connectivity index (χ4v) is 5.17. The highest BCUT2D eigenvalue weighted by atomic mass is 19.4. The predicted octanol–water partition coefficient (Wildman–Crippen LogP) is 4.00. The SMILES string of the molecule is C[C@@H](Nc1nc(/C(N)=N/O)nc2nc(NCC3CCCNC3)n(Cc3ccc(C(F)(F)F)cc3)c12)C1CCC1. The lowest BCUT2D eigenvalue weighted by Crippen LogP contribution is -2.34. The van der Waals surface area contributed by atoms with E-state index in [0.29, 0.717) is 46.9 Å². The van der Waals surface area contributed by atoms with Gasteiger partial charge in [0.05, 0.1) is 12.1 Å². The summed E-state index contributed by atoms with van der Waals surface area (Å²) in [6.07, 6.45) is 1.18. The summed E-state index contributed by atoms with van der Waals surface area (Å²) in [5.41, 5.74) is 6.76. The third kappa shape index (κ3) is 6.02. The second-order valence-electron chi connectivity index (χ2n) is 10.5. The van der Waals surface area contributed by atoms with Crippen LogP contribution in [-0.4, -0.2) is 56.2 Å². The van der Waals surface area contributed by atoms with E-state index < -0.39 is 11.7 Å². The minimum atomic E-state index is -4.41. The molecular weight excluding hydrogens is 511 g/mol. The third-order valence-electron chi connectivity index (χ3n) is 7.73. The van der Waals surface area contributed by atoms with Crippen molar-refractivity contribution >= 4 is 28.8 Å². The maximum atomic E-state index is 13.2. The number of nitrogens with zero attached hydrogens (tertiary/aromatic N) is 5. The summed E-state index contributed by atoms with van der Waals surface area (Å²) in [5.74, 6) is 1.71. The van der Waals surface area contributed by atoms with Crippen molar-refractivity contribution in [2.24, 2.45) is 22.7 Å². The van der Waals surface area contributed by atoms with Gasteiger partial charge in [-0.2, -0.15) is 18.2 Å². The summed E-state index contributed by atoms with van der Waals surface area (Å²) >= 11 is 0. The van der Waals surface area contributed by atoms with Gasteiger partial charge in [0.25, 0.3) is 0 Å². The molecule has 2 atom stereocenters. The number of piperidine rings is 1. The number of amidine groups is 1. The molecule has 3 heterocycles. The normalized spacial score (nSPS) is 19.6. The van der Waals surface area contributed by atoms with E-state index in [9.17, 15) is 18.4 Å². The van der Waals surface area contributed by atoms with E-state index in [1.807, 2.05) is 4.57 Å². The van der Waals surface area contributed by atoms with E-state index >= 15 is 0 Å². The molecule has 2 aliphatic rings. The van der Waals surface area contributed by atoms with Crippen LogP contribution in [0.25, 0.3) is 11.2 Å². The fourth-order valence-electron chi connectivity index (χ4n) is 5.17. The number of aromatic nitrogens is 4. The lowest BCUT2D eigenvalue weighted by Gasteiger charge is -2.32. The molecule has 10 nitrogen and oxygen atoms in total. The molecule has 1 unspecified atom stereocenters. The number of fused-ring (bicyclic) bond motifs is 1. The molecule has 210 valence electrons. The number of anilines is 2. The number of benzene rings is 1. The first kappa shape index (κ1) is 27.0. The van der Waals surface area contributed by atoms with Crippen molar-refractivity contribution in [2.75, 3.05) is 30.3 Å². The average Bonchev–Trinajstić information content (AvgIpc) is 3.23. The molecule has 1 saturated heterocycles. The Hall–Kier alpha value is -3.61. The Bertz CT molecular complexity index is 1310. The topological polar surface area (TPSA) is 138 Å². The van der Waals surface area contributed by atoms with Gasteiger partial charge in [0.15, 0.2) is 11.5 Å². The number of hydrogen-bond donors (Lipinski definition) is 5. The van der Waals surface area contributed by atoms with E-state index in [0.717, 1.165) is 50.9 Å². The molecule has 1 saturated carbocycles. The third-order valence-corrected chi connectivity index (χ3v) is 7.73. The Balaban J connectivity index is 1.56. The van der Waals surface area contributed by atoms with E-state index in [1.165, 1.54) is 18.6 Å². The van der Waals surface area contributed by atoms with Crippen LogP contribution in [-0.2, 0) is 12.7 Å². The largest absolute Gasteiger partial charge is 0.416 e. The molecule has 0 spiro atoms. The van der Waals surface area contributed by atoms with Gasteiger partial charge in [0, 0.05) is 12.6 Å². The van der Waals surface area contributed by atoms with Gasteiger partial charge < -0.3 is 31.5 Å². The van der Waals surface area contributed by atoms with Gasteiger partial charge in [0.1, 0.15) is 5.52 Å². The van der Waals surface area contributed by atoms with Crippen molar-refractivity contribution in [1.29, 1.82) is 0 Å². The maximum Gasteiger partial charge on any atom is 0.416 e. The van der Waals surface area contributed by atoms with E-state index in [4.69, 9.17) is 10.7 Å². The van der Waals surface area contributed by atoms with Crippen LogP contribution in [0, 0.1) is 11.8 Å². The van der Waals surface area contributed by atoms with Crippen molar-refractivity contribution < 1.29 is 18.4 Å². The smallest absolute Gasteiger partial charge is 0.409 e. The second-order valence-corrected chi connectivity index (χ2v) is 10.5. The van der Waals surface area contributed by atoms with Crippen LogP contribution >= 0.6 is 0 Å². The van der Waals surface area contributed by atoms with Crippen molar-refractivity contribution in [3.8, 4) is 0 Å².